The second kappa shape index (κ2) is 12.7. The first-order valence-corrected chi connectivity index (χ1v) is 13.9. The van der Waals surface area contributed by atoms with Crippen molar-refractivity contribution in [3.8, 4) is 5.75 Å². The number of anilines is 1. The van der Waals surface area contributed by atoms with E-state index in [1.807, 2.05) is 29.0 Å². The van der Waals surface area contributed by atoms with Gasteiger partial charge in [0.15, 0.2) is 0 Å². The van der Waals surface area contributed by atoms with E-state index >= 15 is 0 Å². The number of halogens is 2. The molecule has 0 saturated carbocycles. The van der Waals surface area contributed by atoms with Gasteiger partial charge in [-0.2, -0.15) is 0 Å². The Balaban J connectivity index is 1.14. The molecule has 214 valence electrons. The molecule has 2 aromatic carbocycles. The highest BCUT2D eigenvalue weighted by Crippen LogP contribution is 2.40. The van der Waals surface area contributed by atoms with Crippen LogP contribution in [-0.2, 0) is 21.8 Å². The lowest BCUT2D eigenvalue weighted by Crippen LogP contribution is -2.48. The minimum absolute atomic E-state index is 0.303. The van der Waals surface area contributed by atoms with Gasteiger partial charge in [0, 0.05) is 75.0 Å². The van der Waals surface area contributed by atoms with Crippen molar-refractivity contribution in [2.45, 2.75) is 18.4 Å². The molecule has 0 spiro atoms. The van der Waals surface area contributed by atoms with E-state index in [0.29, 0.717) is 41.9 Å². The summed E-state index contributed by atoms with van der Waals surface area (Å²) in [6.45, 7) is 5.85. The number of piperazine rings is 1. The highest BCUT2D eigenvalue weighted by atomic mass is 35.5. The molecule has 1 amide bonds. The zero-order chi connectivity index (χ0) is 28.1. The zero-order valence-electron chi connectivity index (χ0n) is 22.3. The molecule has 1 N–H and O–H groups in total. The Kier molecular flexibility index (Phi) is 9.02. The highest BCUT2D eigenvalue weighted by molar-refractivity contribution is 6.35. The van der Waals surface area contributed by atoms with E-state index in [0.717, 1.165) is 44.2 Å². The maximum absolute atomic E-state index is 11.0. The molecule has 1 aromatic heterocycles. The second-order valence-corrected chi connectivity index (χ2v) is 10.8. The Morgan fingerprint density at radius 1 is 1.18 bits per heavy atom. The van der Waals surface area contributed by atoms with Crippen LogP contribution in [0.2, 0.25) is 10.0 Å². The molecule has 2 aliphatic rings. The molecule has 0 radical (unpaired) electrons. The van der Waals surface area contributed by atoms with Gasteiger partial charge in [-0.05, 0) is 36.4 Å². The molecule has 12 heteroatoms. The molecule has 0 bridgehead atoms. The first kappa shape index (κ1) is 28.5. The summed E-state index contributed by atoms with van der Waals surface area (Å²) < 4.78 is 20.7. The standard InChI is InChI=1S/C28H33Cl2N5O5/c1-32(27(36)37)10-11-33-12-14-35(15-13-33)22-3-5-23(6-4-22)38-17-24-18-39-28(40-24,19-34-9-8-31-20-34)25-7-2-21(29)16-26(25)30/h2-9,16,20,24H,10-15,17-19H2,1H3,(H,36,37). The zero-order valence-corrected chi connectivity index (χ0v) is 23.8. The molecule has 0 aliphatic carbocycles. The molecule has 2 atom stereocenters. The largest absolute Gasteiger partial charge is 0.491 e. The van der Waals surface area contributed by atoms with Crippen molar-refractivity contribution in [3.63, 3.8) is 0 Å². The number of aromatic nitrogens is 2. The number of carboxylic acid groups (broad SMARTS) is 1. The van der Waals surface area contributed by atoms with E-state index in [9.17, 15) is 4.79 Å². The van der Waals surface area contributed by atoms with Crippen molar-refractivity contribution >= 4 is 35.0 Å². The second-order valence-electron chi connectivity index (χ2n) is 10.0. The first-order chi connectivity index (χ1) is 19.3. The van der Waals surface area contributed by atoms with Crippen molar-refractivity contribution in [2.24, 2.45) is 0 Å². The van der Waals surface area contributed by atoms with Crippen molar-refractivity contribution in [2.75, 3.05) is 64.4 Å². The van der Waals surface area contributed by atoms with Crippen LogP contribution in [0.5, 0.6) is 5.75 Å². The maximum Gasteiger partial charge on any atom is 0.407 e. The van der Waals surface area contributed by atoms with Crippen molar-refractivity contribution in [1.29, 1.82) is 0 Å². The van der Waals surface area contributed by atoms with Crippen molar-refractivity contribution in [1.82, 2.24) is 19.4 Å². The third-order valence-electron chi connectivity index (χ3n) is 7.24. The van der Waals surface area contributed by atoms with Crippen molar-refractivity contribution < 1.29 is 24.1 Å². The van der Waals surface area contributed by atoms with Crippen molar-refractivity contribution in [3.05, 3.63) is 76.8 Å². The van der Waals surface area contributed by atoms with Gasteiger partial charge >= 0.3 is 6.09 Å². The van der Waals surface area contributed by atoms with Gasteiger partial charge in [-0.15, -0.1) is 0 Å². The minimum atomic E-state index is -1.09. The summed E-state index contributed by atoms with van der Waals surface area (Å²) in [5, 5.41) is 10.0. The van der Waals surface area contributed by atoms with Crippen LogP contribution in [-0.4, -0.2) is 96.2 Å². The number of rotatable bonds is 10. The van der Waals surface area contributed by atoms with Crippen LogP contribution in [0.3, 0.4) is 0 Å². The predicted octanol–water partition coefficient (Wildman–Crippen LogP) is 4.27. The molecule has 2 fully saturated rings. The topological polar surface area (TPSA) is 92.5 Å². The summed E-state index contributed by atoms with van der Waals surface area (Å²) in [7, 11) is 1.60. The van der Waals surface area contributed by atoms with E-state index in [1.165, 1.54) is 4.90 Å². The number of carbonyl (C=O) groups is 1. The molecule has 2 saturated heterocycles. The van der Waals surface area contributed by atoms with E-state index in [1.54, 1.807) is 31.7 Å². The molecule has 5 rings (SSSR count). The summed E-state index contributed by atoms with van der Waals surface area (Å²) in [5.41, 5.74) is 1.83. The lowest BCUT2D eigenvalue weighted by molar-refractivity contribution is -0.189. The number of hydrogen-bond donors (Lipinski definition) is 1. The van der Waals surface area contributed by atoms with Gasteiger partial charge in [-0.1, -0.05) is 29.3 Å². The number of imidazole rings is 1. The van der Waals surface area contributed by atoms with Crippen LogP contribution < -0.4 is 9.64 Å². The van der Waals surface area contributed by atoms with Crippen LogP contribution in [0.4, 0.5) is 10.5 Å². The third kappa shape index (κ3) is 6.82. The Bertz CT molecular complexity index is 1270. The van der Waals surface area contributed by atoms with E-state index in [-0.39, 0.29) is 6.10 Å². The smallest absolute Gasteiger partial charge is 0.407 e. The Morgan fingerprint density at radius 3 is 2.62 bits per heavy atom. The Hall–Kier alpha value is -3.02. The molecule has 3 heterocycles. The summed E-state index contributed by atoms with van der Waals surface area (Å²) in [4.78, 5) is 21.1. The highest BCUT2D eigenvalue weighted by Gasteiger charge is 2.45. The molecule has 2 aliphatic heterocycles. The fourth-order valence-electron chi connectivity index (χ4n) is 4.93. The fraction of sp³-hybridized carbons (Fsp3) is 0.429. The number of amides is 1. The summed E-state index contributed by atoms with van der Waals surface area (Å²) in [6, 6.07) is 13.3. The Morgan fingerprint density at radius 2 is 1.95 bits per heavy atom. The van der Waals surface area contributed by atoms with E-state index < -0.39 is 11.9 Å². The quantitative estimate of drug-likeness (QED) is 0.375. The molecule has 10 nitrogen and oxygen atoms in total. The number of hydrogen-bond acceptors (Lipinski definition) is 7. The molecule has 40 heavy (non-hydrogen) atoms. The summed E-state index contributed by atoms with van der Waals surface area (Å²) >= 11 is 12.7. The predicted molar refractivity (Wildman–Crippen MR) is 152 cm³/mol. The van der Waals surface area contributed by atoms with Crippen LogP contribution in [0, 0.1) is 0 Å². The summed E-state index contributed by atoms with van der Waals surface area (Å²) in [5.74, 6) is -0.342. The lowest BCUT2D eigenvalue weighted by Gasteiger charge is -2.36. The molecular formula is C28H33Cl2N5O5. The van der Waals surface area contributed by atoms with Gasteiger partial charge in [-0.3, -0.25) is 4.90 Å². The average Bonchev–Trinajstić information content (AvgIpc) is 3.61. The van der Waals surface area contributed by atoms with Gasteiger partial charge in [-0.25, -0.2) is 9.78 Å². The van der Waals surface area contributed by atoms with Crippen LogP contribution >= 0.6 is 23.2 Å². The summed E-state index contributed by atoms with van der Waals surface area (Å²) in [6.07, 6.45) is 4.07. The minimum Gasteiger partial charge on any atom is -0.491 e. The van der Waals surface area contributed by atoms with E-state index in [4.69, 9.17) is 42.5 Å². The lowest BCUT2D eigenvalue weighted by atomic mass is 10.1. The van der Waals surface area contributed by atoms with Gasteiger partial charge in [0.05, 0.1) is 24.5 Å². The molecule has 3 aromatic rings. The Labute approximate surface area is 243 Å². The normalized spacial score (nSPS) is 21.5. The van der Waals surface area contributed by atoms with Gasteiger partial charge < -0.3 is 33.7 Å². The van der Waals surface area contributed by atoms with E-state index in [2.05, 4.69) is 26.9 Å². The number of nitrogens with zero attached hydrogens (tertiary/aromatic N) is 5. The third-order valence-corrected chi connectivity index (χ3v) is 7.79. The average molecular weight is 591 g/mol. The van der Waals surface area contributed by atoms with Gasteiger partial charge in [0.25, 0.3) is 0 Å². The van der Waals surface area contributed by atoms with Gasteiger partial charge in [0.1, 0.15) is 18.5 Å². The first-order valence-electron chi connectivity index (χ1n) is 13.2. The maximum atomic E-state index is 11.0. The SMILES string of the molecule is CN(CCN1CCN(c2ccc(OCC3COC(Cn4ccnc4)(c4ccc(Cl)cc4Cl)O3)cc2)CC1)C(=O)O. The van der Waals surface area contributed by atoms with Crippen LogP contribution in [0.25, 0.3) is 0 Å². The number of benzene rings is 2. The number of likely N-dealkylation sites (N-methyl/N-ethyl adjacent to an activating group) is 1. The van der Waals surface area contributed by atoms with Crippen LogP contribution in [0.15, 0.2) is 61.2 Å². The fourth-order valence-corrected chi connectivity index (χ4v) is 5.49. The molecule has 2 unspecified atom stereocenters. The van der Waals surface area contributed by atoms with Crippen LogP contribution in [0.1, 0.15) is 5.56 Å². The monoisotopic (exact) mass is 589 g/mol. The van der Waals surface area contributed by atoms with Gasteiger partial charge in [0.2, 0.25) is 5.79 Å². The number of ether oxygens (including phenoxy) is 3. The molecular weight excluding hydrogens is 557 g/mol.